The highest BCUT2D eigenvalue weighted by Crippen LogP contribution is 2.55. The number of benzene rings is 1. The highest BCUT2D eigenvalue weighted by molar-refractivity contribution is 6.24. The van der Waals surface area contributed by atoms with E-state index in [0.29, 0.717) is 18.5 Å². The quantitative estimate of drug-likeness (QED) is 0.721. The molecule has 2 aliphatic carbocycles. The standard InChI is InChI=1S/C18H22ClNO3/c1-17-9-5-6-10-18(17,23)15(19)14(21)13(11-17)16(22)20-12-7-3-2-4-8-12/h2-4,7-8,15,21,23H,5-6,9-11H2,1H3,(H,20,22)/t15-,17-,18+/m0/s1. The molecule has 4 nitrogen and oxygen atoms in total. The zero-order valence-electron chi connectivity index (χ0n) is 13.2. The van der Waals surface area contributed by atoms with Crippen molar-refractivity contribution in [3.63, 3.8) is 0 Å². The normalized spacial score (nSPS) is 34.0. The van der Waals surface area contributed by atoms with Crippen LogP contribution in [0.1, 0.15) is 39.0 Å². The van der Waals surface area contributed by atoms with Gasteiger partial charge in [0.05, 0.1) is 11.2 Å². The molecule has 23 heavy (non-hydrogen) atoms. The number of halogens is 1. The molecule has 0 aromatic heterocycles. The molecule has 0 spiro atoms. The summed E-state index contributed by atoms with van der Waals surface area (Å²) in [7, 11) is 0. The molecule has 1 saturated carbocycles. The lowest BCUT2D eigenvalue weighted by Crippen LogP contribution is -2.58. The van der Waals surface area contributed by atoms with Crippen molar-refractivity contribution in [2.45, 2.75) is 50.0 Å². The number of amides is 1. The zero-order valence-corrected chi connectivity index (χ0v) is 13.9. The maximum Gasteiger partial charge on any atom is 0.255 e. The lowest BCUT2D eigenvalue weighted by molar-refractivity contribution is -0.124. The van der Waals surface area contributed by atoms with Gasteiger partial charge >= 0.3 is 0 Å². The first-order valence-electron chi connectivity index (χ1n) is 8.02. The Balaban J connectivity index is 1.91. The number of aliphatic hydroxyl groups is 2. The summed E-state index contributed by atoms with van der Waals surface area (Å²) in [6.45, 7) is 1.96. The highest BCUT2D eigenvalue weighted by atomic mass is 35.5. The van der Waals surface area contributed by atoms with Crippen LogP contribution in [0.15, 0.2) is 41.7 Å². The Labute approximate surface area is 141 Å². The van der Waals surface area contributed by atoms with E-state index in [0.717, 1.165) is 19.3 Å². The second-order valence-electron chi connectivity index (χ2n) is 6.92. The van der Waals surface area contributed by atoms with E-state index in [2.05, 4.69) is 5.32 Å². The minimum absolute atomic E-state index is 0.193. The first kappa shape index (κ1) is 16.3. The summed E-state index contributed by atoms with van der Waals surface area (Å²) in [5.74, 6) is -0.546. The van der Waals surface area contributed by atoms with Crippen LogP contribution in [0, 0.1) is 5.41 Å². The minimum atomic E-state index is -1.16. The van der Waals surface area contributed by atoms with E-state index in [1.165, 1.54) is 0 Å². The Morgan fingerprint density at radius 3 is 2.61 bits per heavy atom. The first-order valence-corrected chi connectivity index (χ1v) is 8.46. The van der Waals surface area contributed by atoms with Crippen molar-refractivity contribution in [2.75, 3.05) is 5.32 Å². The fourth-order valence-corrected chi connectivity index (χ4v) is 4.39. The van der Waals surface area contributed by atoms with Gasteiger partial charge in [0, 0.05) is 11.1 Å². The van der Waals surface area contributed by atoms with Crippen molar-refractivity contribution >= 4 is 23.2 Å². The van der Waals surface area contributed by atoms with Crippen LogP contribution in [0.4, 0.5) is 5.69 Å². The van der Waals surface area contributed by atoms with E-state index < -0.39 is 16.4 Å². The number of aliphatic hydroxyl groups excluding tert-OH is 1. The van der Waals surface area contributed by atoms with Crippen LogP contribution in [0.5, 0.6) is 0 Å². The molecule has 0 bridgehead atoms. The number of nitrogens with one attached hydrogen (secondary N) is 1. The van der Waals surface area contributed by atoms with Crippen molar-refractivity contribution in [2.24, 2.45) is 5.41 Å². The van der Waals surface area contributed by atoms with Crippen molar-refractivity contribution in [3.05, 3.63) is 41.7 Å². The van der Waals surface area contributed by atoms with Gasteiger partial charge in [-0.3, -0.25) is 4.79 Å². The predicted molar refractivity (Wildman–Crippen MR) is 90.5 cm³/mol. The summed E-state index contributed by atoms with van der Waals surface area (Å²) in [5, 5.41) is 23.3. The number of para-hydroxylation sites is 1. The zero-order chi connectivity index (χ0) is 16.7. The van der Waals surface area contributed by atoms with Crippen molar-refractivity contribution < 1.29 is 15.0 Å². The number of fused-ring (bicyclic) bond motifs is 1. The third-order valence-corrected chi connectivity index (χ3v) is 5.99. The Bertz CT molecular complexity index is 645. The van der Waals surface area contributed by atoms with Gasteiger partial charge in [-0.15, -0.1) is 11.6 Å². The molecule has 0 saturated heterocycles. The molecule has 124 valence electrons. The predicted octanol–water partition coefficient (Wildman–Crippen LogP) is 3.76. The fraction of sp³-hybridized carbons (Fsp3) is 0.500. The molecular weight excluding hydrogens is 314 g/mol. The maximum absolute atomic E-state index is 12.6. The number of hydrogen-bond donors (Lipinski definition) is 3. The number of carbonyl (C=O) groups is 1. The number of rotatable bonds is 2. The van der Waals surface area contributed by atoms with Gasteiger partial charge in [-0.1, -0.05) is 38.0 Å². The van der Waals surface area contributed by atoms with Crippen LogP contribution in [-0.4, -0.2) is 27.1 Å². The second kappa shape index (κ2) is 5.84. The Morgan fingerprint density at radius 1 is 1.26 bits per heavy atom. The molecule has 0 radical (unpaired) electrons. The topological polar surface area (TPSA) is 69.6 Å². The summed E-state index contributed by atoms with van der Waals surface area (Å²) in [6, 6.07) is 9.10. The summed E-state index contributed by atoms with van der Waals surface area (Å²) in [4.78, 5) is 12.6. The number of hydrogen-bond acceptors (Lipinski definition) is 3. The van der Waals surface area contributed by atoms with Crippen molar-refractivity contribution in [1.29, 1.82) is 0 Å². The van der Waals surface area contributed by atoms with Crippen molar-refractivity contribution in [1.82, 2.24) is 0 Å². The minimum Gasteiger partial charge on any atom is -0.510 e. The molecular formula is C18H22ClNO3. The van der Waals surface area contributed by atoms with E-state index in [1.54, 1.807) is 12.1 Å². The second-order valence-corrected chi connectivity index (χ2v) is 7.35. The van der Waals surface area contributed by atoms with Gasteiger partial charge in [0.2, 0.25) is 0 Å². The van der Waals surface area contributed by atoms with Gasteiger partial charge in [0.15, 0.2) is 0 Å². The smallest absolute Gasteiger partial charge is 0.255 e. The van der Waals surface area contributed by atoms with Gasteiger partial charge in [-0.25, -0.2) is 0 Å². The van der Waals surface area contributed by atoms with Crippen LogP contribution in [-0.2, 0) is 4.79 Å². The third kappa shape index (κ3) is 2.64. The largest absolute Gasteiger partial charge is 0.510 e. The van der Waals surface area contributed by atoms with Gasteiger partial charge in [-0.05, 0) is 31.4 Å². The van der Waals surface area contributed by atoms with Gasteiger partial charge in [0.1, 0.15) is 11.1 Å². The van der Waals surface area contributed by atoms with Gasteiger partial charge < -0.3 is 15.5 Å². The molecule has 5 heteroatoms. The highest BCUT2D eigenvalue weighted by Gasteiger charge is 2.58. The molecule has 0 heterocycles. The molecule has 2 aliphatic rings. The maximum atomic E-state index is 12.6. The summed E-state index contributed by atoms with van der Waals surface area (Å²) in [6.07, 6.45) is 3.56. The van der Waals surface area contributed by atoms with Crippen LogP contribution < -0.4 is 5.32 Å². The summed E-state index contributed by atoms with van der Waals surface area (Å²) in [5.41, 5.74) is -0.706. The van der Waals surface area contributed by atoms with E-state index >= 15 is 0 Å². The van der Waals surface area contributed by atoms with Crippen LogP contribution in [0.2, 0.25) is 0 Å². The van der Waals surface area contributed by atoms with Crippen LogP contribution in [0.3, 0.4) is 0 Å². The molecule has 1 fully saturated rings. The van der Waals surface area contributed by atoms with Crippen LogP contribution >= 0.6 is 11.6 Å². The van der Waals surface area contributed by atoms with E-state index in [1.807, 2.05) is 25.1 Å². The molecule has 1 amide bonds. The monoisotopic (exact) mass is 335 g/mol. The van der Waals surface area contributed by atoms with Gasteiger partial charge in [-0.2, -0.15) is 0 Å². The number of carbonyl (C=O) groups excluding carboxylic acids is 1. The lowest BCUT2D eigenvalue weighted by Gasteiger charge is -2.53. The molecule has 3 N–H and O–H groups in total. The average molecular weight is 336 g/mol. The molecule has 0 unspecified atom stereocenters. The van der Waals surface area contributed by atoms with Gasteiger partial charge in [0.25, 0.3) is 5.91 Å². The summed E-state index contributed by atoms with van der Waals surface area (Å²) >= 11 is 6.38. The lowest BCUT2D eigenvalue weighted by atomic mass is 9.57. The molecule has 0 aliphatic heterocycles. The molecule has 3 atom stereocenters. The van der Waals surface area contributed by atoms with Crippen LogP contribution in [0.25, 0.3) is 0 Å². The Morgan fingerprint density at radius 2 is 1.91 bits per heavy atom. The third-order valence-electron chi connectivity index (χ3n) is 5.42. The first-order chi connectivity index (χ1) is 10.9. The van der Waals surface area contributed by atoms with E-state index in [4.69, 9.17) is 11.6 Å². The van der Waals surface area contributed by atoms with E-state index in [-0.39, 0.29) is 17.2 Å². The fourth-order valence-electron chi connectivity index (χ4n) is 3.89. The Hall–Kier alpha value is -1.52. The van der Waals surface area contributed by atoms with E-state index in [9.17, 15) is 15.0 Å². The SMILES string of the molecule is C[C@@]12CCCC[C@@]1(O)[C@@H](Cl)C(O)=C(C(=O)Nc1ccccc1)C2. The summed E-state index contributed by atoms with van der Waals surface area (Å²) < 4.78 is 0. The molecule has 3 rings (SSSR count). The van der Waals surface area contributed by atoms with Crippen molar-refractivity contribution in [3.8, 4) is 0 Å². The number of alkyl halides is 1. The molecule has 1 aromatic rings. The molecule has 1 aromatic carbocycles. The number of anilines is 1. The Kier molecular flexibility index (Phi) is 4.15. The average Bonchev–Trinajstić information content (AvgIpc) is 2.54.